The van der Waals surface area contributed by atoms with Crippen molar-refractivity contribution < 1.29 is 58.1 Å². The molecule has 0 saturated heterocycles. The lowest BCUT2D eigenvalue weighted by atomic mass is 9.75. The van der Waals surface area contributed by atoms with Gasteiger partial charge in [0, 0.05) is 66.4 Å². The summed E-state index contributed by atoms with van der Waals surface area (Å²) in [5.41, 5.74) is 3.11. The minimum Gasteiger partial charge on any atom is -0.481 e. The third-order valence-electron chi connectivity index (χ3n) is 11.5. The number of rotatable bonds is 17. The lowest BCUT2D eigenvalue weighted by molar-refractivity contribution is -0.438. The summed E-state index contributed by atoms with van der Waals surface area (Å²) in [6, 6.07) is 17.2. The van der Waals surface area contributed by atoms with Gasteiger partial charge in [-0.2, -0.15) is 29.8 Å². The third kappa shape index (κ3) is 8.87. The van der Waals surface area contributed by atoms with Crippen LogP contribution in [0.2, 0.25) is 0 Å². The first-order valence-corrected chi connectivity index (χ1v) is 23.6. The number of carboxylic acids is 1. The van der Waals surface area contributed by atoms with E-state index in [1.165, 1.54) is 12.1 Å². The number of benzene rings is 4. The van der Waals surface area contributed by atoms with E-state index >= 15 is 0 Å². The van der Waals surface area contributed by atoms with Crippen molar-refractivity contribution in [2.75, 3.05) is 37.5 Å². The first-order valence-electron chi connectivity index (χ1n) is 19.2. The van der Waals surface area contributed by atoms with E-state index in [2.05, 4.69) is 11.8 Å². The predicted molar refractivity (Wildman–Crippen MR) is 226 cm³/mol. The maximum Gasteiger partial charge on any atom is 0.303 e. The zero-order chi connectivity index (χ0) is 43.1. The summed E-state index contributed by atoms with van der Waals surface area (Å²) >= 11 is 0. The molecule has 17 heteroatoms. The quantitative estimate of drug-likeness (QED) is 0.0477. The van der Waals surface area contributed by atoms with Crippen LogP contribution in [0.4, 0.5) is 11.4 Å². The average molecular weight is 870 g/mol. The normalized spacial score (nSPS) is 18.8. The van der Waals surface area contributed by atoms with Crippen molar-refractivity contribution in [1.82, 2.24) is 0 Å². The number of allylic oxidation sites excluding steroid dienone is 4. The van der Waals surface area contributed by atoms with Gasteiger partial charge in [0.2, 0.25) is 5.69 Å². The van der Waals surface area contributed by atoms with Gasteiger partial charge in [-0.25, -0.2) is 0 Å². The van der Waals surface area contributed by atoms with Gasteiger partial charge in [0.05, 0.1) is 22.7 Å². The van der Waals surface area contributed by atoms with Gasteiger partial charge < -0.3 is 14.7 Å². The summed E-state index contributed by atoms with van der Waals surface area (Å²) in [6.07, 6.45) is 7.97. The van der Waals surface area contributed by atoms with Gasteiger partial charge in [0.1, 0.15) is 11.4 Å². The minimum absolute atomic E-state index is 0.00777. The molecule has 2 aliphatic heterocycles. The van der Waals surface area contributed by atoms with Crippen molar-refractivity contribution in [3.8, 4) is 0 Å². The van der Waals surface area contributed by atoms with Gasteiger partial charge in [-0.15, -0.1) is 0 Å². The van der Waals surface area contributed by atoms with Crippen LogP contribution >= 0.6 is 0 Å². The number of unbranched alkanes of at least 4 members (excludes halogenated alkanes) is 2. The number of fused-ring (bicyclic) bond motifs is 6. The minimum atomic E-state index is -4.95. The molecule has 0 saturated carbocycles. The second-order valence-corrected chi connectivity index (χ2v) is 20.1. The number of carbonyl (C=O) groups is 1. The van der Waals surface area contributed by atoms with Crippen LogP contribution in [0.25, 0.3) is 21.5 Å². The number of methoxy groups -OCH3 is 1. The van der Waals surface area contributed by atoms with E-state index in [4.69, 9.17) is 4.74 Å². The van der Waals surface area contributed by atoms with Crippen LogP contribution in [-0.4, -0.2) is 92.8 Å². The first kappa shape index (κ1) is 44.1. The fourth-order valence-electron chi connectivity index (χ4n) is 8.87. The van der Waals surface area contributed by atoms with Crippen molar-refractivity contribution in [1.29, 1.82) is 0 Å². The zero-order valence-electron chi connectivity index (χ0n) is 33.3. The molecule has 6 rings (SSSR count). The maximum atomic E-state index is 12.6. The van der Waals surface area contributed by atoms with Crippen molar-refractivity contribution >= 4 is 75.0 Å². The molecule has 0 radical (unpaired) electrons. The molecule has 14 nitrogen and oxygen atoms in total. The van der Waals surface area contributed by atoms with Crippen LogP contribution in [0.1, 0.15) is 70.4 Å². The molecular weight excluding hydrogens is 821 g/mol. The lowest BCUT2D eigenvalue weighted by Gasteiger charge is -2.30. The van der Waals surface area contributed by atoms with E-state index < -0.39 is 62.7 Å². The smallest absolute Gasteiger partial charge is 0.303 e. The zero-order valence-corrected chi connectivity index (χ0v) is 35.7. The van der Waals surface area contributed by atoms with Crippen LogP contribution in [0.15, 0.2) is 94.4 Å². The Morgan fingerprint density at radius 2 is 1.56 bits per heavy atom. The molecule has 59 heavy (non-hydrogen) atoms. The SMILES string of the molecule is COCCN1/C(=C/C=C/C2=[N+](CCCCCC(=O)O)c3ccc4c(S(=O)(=O)O)cc(S(=O)(=O)O)cc4c3C2(C)C)C(C)(CCCS(=O)(=O)O)c2c1ccc1ccccc21. The van der Waals surface area contributed by atoms with Crippen LogP contribution < -0.4 is 4.90 Å². The van der Waals surface area contributed by atoms with E-state index in [9.17, 15) is 48.8 Å². The van der Waals surface area contributed by atoms with Gasteiger partial charge in [-0.1, -0.05) is 36.4 Å². The van der Waals surface area contributed by atoms with Gasteiger partial charge in [0.25, 0.3) is 30.4 Å². The van der Waals surface area contributed by atoms with Crippen LogP contribution in [0.5, 0.6) is 0 Å². The van der Waals surface area contributed by atoms with Gasteiger partial charge >= 0.3 is 5.97 Å². The Bertz CT molecular complexity index is 2780. The molecule has 1 unspecified atom stereocenters. The van der Waals surface area contributed by atoms with E-state index in [0.717, 1.165) is 39.5 Å². The molecule has 2 aliphatic rings. The number of hydrogen-bond acceptors (Lipinski definition) is 9. The fourth-order valence-corrected chi connectivity index (χ4v) is 10.7. The molecule has 0 aliphatic carbocycles. The van der Waals surface area contributed by atoms with Crippen LogP contribution in [0, 0.1) is 0 Å². The highest BCUT2D eigenvalue weighted by molar-refractivity contribution is 7.87. The highest BCUT2D eigenvalue weighted by Crippen LogP contribution is 2.53. The van der Waals surface area contributed by atoms with Crippen molar-refractivity contribution in [3.63, 3.8) is 0 Å². The largest absolute Gasteiger partial charge is 0.481 e. The third-order valence-corrected chi connectivity index (χ3v) is 14.0. The molecule has 2 heterocycles. The van der Waals surface area contributed by atoms with Crippen molar-refractivity contribution in [3.05, 3.63) is 95.7 Å². The average Bonchev–Trinajstić information content (AvgIpc) is 3.51. The summed E-state index contributed by atoms with van der Waals surface area (Å²) in [5, 5.41) is 11.5. The number of nitrogens with zero attached hydrogens (tertiary/aromatic N) is 2. The molecular formula is C42H49N2O12S3+. The Labute approximate surface area is 344 Å². The molecule has 316 valence electrons. The van der Waals surface area contributed by atoms with Gasteiger partial charge in [-0.3, -0.25) is 18.5 Å². The summed E-state index contributed by atoms with van der Waals surface area (Å²) in [6.45, 7) is 7.14. The molecule has 0 fully saturated rings. The second-order valence-electron chi connectivity index (χ2n) is 15.8. The number of hydrogen-bond donors (Lipinski definition) is 4. The first-order chi connectivity index (χ1) is 27.6. The molecule has 0 bridgehead atoms. The topological polar surface area (TPSA) is 216 Å². The van der Waals surface area contributed by atoms with Gasteiger partial charge in [-0.05, 0) is 98.5 Å². The monoisotopic (exact) mass is 869 g/mol. The van der Waals surface area contributed by atoms with E-state index in [0.29, 0.717) is 56.6 Å². The second kappa shape index (κ2) is 16.5. The Kier molecular flexibility index (Phi) is 12.3. The summed E-state index contributed by atoms with van der Waals surface area (Å²) in [5.74, 6) is -1.31. The summed E-state index contributed by atoms with van der Waals surface area (Å²) in [4.78, 5) is 12.0. The molecule has 0 aromatic heterocycles. The van der Waals surface area contributed by atoms with E-state index in [-0.39, 0.29) is 23.6 Å². The summed E-state index contributed by atoms with van der Waals surface area (Å²) in [7, 11) is -12.5. The Hall–Kier alpha value is -4.49. The number of carboxylic acid groups (broad SMARTS) is 1. The highest BCUT2D eigenvalue weighted by atomic mass is 32.2. The molecule has 4 aromatic rings. The highest BCUT2D eigenvalue weighted by Gasteiger charge is 2.47. The predicted octanol–water partition coefficient (Wildman–Crippen LogP) is 7.04. The number of ether oxygens (including phenoxy) is 1. The Morgan fingerprint density at radius 1 is 0.831 bits per heavy atom. The van der Waals surface area contributed by atoms with Crippen LogP contribution in [-0.2, 0) is 50.7 Å². The van der Waals surface area contributed by atoms with E-state index in [1.807, 2.05) is 73.0 Å². The molecule has 0 spiro atoms. The molecule has 4 aromatic carbocycles. The van der Waals surface area contributed by atoms with Crippen molar-refractivity contribution in [2.45, 2.75) is 79.9 Å². The lowest BCUT2D eigenvalue weighted by Crippen LogP contribution is -2.31. The molecule has 1 atom stereocenters. The van der Waals surface area contributed by atoms with E-state index in [1.54, 1.807) is 13.2 Å². The van der Waals surface area contributed by atoms with Crippen molar-refractivity contribution in [2.24, 2.45) is 0 Å². The van der Waals surface area contributed by atoms with Gasteiger partial charge in [0.15, 0.2) is 5.71 Å². The molecule has 0 amide bonds. The van der Waals surface area contributed by atoms with Crippen LogP contribution in [0.3, 0.4) is 0 Å². The standard InChI is InChI=1S/C42H48N2O12S3/c1-41(2)36(43(22-9-5-6-16-38(45)46)33-20-18-31-32(39(33)41)26-29(58(50,51)52)27-35(31)59(53,54)55)14-10-15-37-42(3,21-11-25-57(47,48)49)40-30-13-8-7-12-28(30)17-19-34(40)44(37)23-24-56-4/h7-8,10,12-15,17-20,26-27H,5-6,9,11,16,21-25H2,1-4H3,(H3-,45,46,47,48,49,50,51,52,53,54,55)/p+1. The Morgan fingerprint density at radius 3 is 2.22 bits per heavy atom. The maximum absolute atomic E-state index is 12.6. The fraction of sp³-hybridized carbons (Fsp3) is 0.381. The summed E-state index contributed by atoms with van der Waals surface area (Å²) < 4.78 is 111. The molecule has 4 N–H and O–H groups in total. The number of aliphatic carboxylic acids is 1. The number of anilines is 1. The Balaban J connectivity index is 1.54.